The van der Waals surface area contributed by atoms with E-state index in [9.17, 15) is 17.8 Å². The Morgan fingerprint density at radius 3 is 1.65 bits per heavy atom. The largest absolute Gasteiger partial charge is 1.00 e. The fraction of sp³-hybridized carbons (Fsp3) is 0.957. The number of thioether (sulfide) groups is 1. The minimum atomic E-state index is -4.35. The second-order valence-corrected chi connectivity index (χ2v) is 11.7. The molecule has 0 saturated heterocycles. The van der Waals surface area contributed by atoms with Gasteiger partial charge in [0.1, 0.15) is 0 Å². The number of hydrogen-bond donors (Lipinski definition) is 1. The fourth-order valence-corrected chi connectivity index (χ4v) is 5.48. The maximum absolute atomic E-state index is 11.9. The van der Waals surface area contributed by atoms with Gasteiger partial charge in [0.2, 0.25) is 5.91 Å². The van der Waals surface area contributed by atoms with Gasteiger partial charge in [-0.05, 0) is 26.0 Å². The van der Waals surface area contributed by atoms with Gasteiger partial charge in [-0.25, -0.2) is 8.42 Å². The third kappa shape index (κ3) is 26.9. The molecule has 0 unspecified atom stereocenters. The van der Waals surface area contributed by atoms with Crippen LogP contribution in [-0.2, 0) is 14.9 Å². The maximum Gasteiger partial charge on any atom is 1.00 e. The van der Waals surface area contributed by atoms with Crippen molar-refractivity contribution in [2.75, 3.05) is 17.3 Å². The van der Waals surface area contributed by atoms with Gasteiger partial charge in [0.15, 0.2) is 0 Å². The summed E-state index contributed by atoms with van der Waals surface area (Å²) in [6, 6.07) is 0. The fourth-order valence-electron chi connectivity index (χ4n) is 3.58. The van der Waals surface area contributed by atoms with Crippen molar-refractivity contribution in [2.45, 2.75) is 123 Å². The Hall–Kier alpha value is 0.730. The van der Waals surface area contributed by atoms with E-state index >= 15 is 0 Å². The van der Waals surface area contributed by atoms with E-state index in [0.29, 0.717) is 6.42 Å². The molecule has 0 aromatic carbocycles. The molecule has 180 valence electrons. The van der Waals surface area contributed by atoms with Gasteiger partial charge in [-0.3, -0.25) is 4.79 Å². The van der Waals surface area contributed by atoms with E-state index in [0.717, 1.165) is 11.5 Å². The number of nitrogens with one attached hydrogen (secondary N) is 1. The molecule has 0 aromatic heterocycles. The zero-order chi connectivity index (χ0) is 22.7. The van der Waals surface area contributed by atoms with Crippen LogP contribution >= 0.6 is 11.8 Å². The van der Waals surface area contributed by atoms with E-state index in [1.165, 1.54) is 89.9 Å². The van der Waals surface area contributed by atoms with Gasteiger partial charge in [0.25, 0.3) is 0 Å². The number of carbonyl (C=O) groups is 1. The number of rotatable bonds is 21. The third-order valence-corrected chi connectivity index (χ3v) is 7.28. The molecule has 0 aliphatic rings. The van der Waals surface area contributed by atoms with Crippen molar-refractivity contribution in [3.05, 3.63) is 0 Å². The minimum Gasteiger partial charge on any atom is -0.748 e. The van der Waals surface area contributed by atoms with Crippen LogP contribution in [0, 0.1) is 0 Å². The van der Waals surface area contributed by atoms with Crippen molar-refractivity contribution in [1.82, 2.24) is 5.32 Å². The summed E-state index contributed by atoms with van der Waals surface area (Å²) in [6.45, 7) is 5.38. The molecule has 1 amide bonds. The standard InChI is InChI=1S/C23H47NO4S2.Na/c1-4-5-6-7-8-9-10-11-12-13-14-15-16-17-19-29-20-18-22(25)24-23(2,3)21-30(26,27)28;/h4-21H2,1-3H3,(H,24,25)(H,26,27,28);/q;+1/p-1. The van der Waals surface area contributed by atoms with Crippen LogP contribution < -0.4 is 34.9 Å². The molecule has 0 aromatic rings. The van der Waals surface area contributed by atoms with Crippen LogP contribution in [-0.4, -0.2) is 41.7 Å². The van der Waals surface area contributed by atoms with Gasteiger partial charge < -0.3 is 9.87 Å². The summed E-state index contributed by atoms with van der Waals surface area (Å²) >= 11 is 1.76. The molecule has 0 atom stereocenters. The van der Waals surface area contributed by atoms with Crippen LogP contribution in [0.5, 0.6) is 0 Å². The van der Waals surface area contributed by atoms with Crippen molar-refractivity contribution in [3.8, 4) is 0 Å². The summed E-state index contributed by atoms with van der Waals surface area (Å²) in [4.78, 5) is 11.9. The molecule has 0 radical (unpaired) electrons. The molecule has 0 saturated carbocycles. The first kappa shape index (κ1) is 33.9. The summed E-state index contributed by atoms with van der Waals surface area (Å²) in [5.41, 5.74) is -1.02. The molecule has 31 heavy (non-hydrogen) atoms. The average Bonchev–Trinajstić information content (AvgIpc) is 2.61. The summed E-state index contributed by atoms with van der Waals surface area (Å²) in [7, 11) is -4.35. The Bertz CT molecular complexity index is 528. The Morgan fingerprint density at radius 1 is 0.806 bits per heavy atom. The molecule has 0 heterocycles. The zero-order valence-electron chi connectivity index (χ0n) is 20.7. The third-order valence-electron chi connectivity index (χ3n) is 5.13. The SMILES string of the molecule is CCCCCCCCCCCCCCCCSCCC(=O)NC(C)(C)CS(=O)(=O)[O-].[Na+]. The first-order chi connectivity index (χ1) is 14.2. The number of amides is 1. The molecule has 0 aliphatic heterocycles. The van der Waals surface area contributed by atoms with Crippen LogP contribution in [0.1, 0.15) is 117 Å². The molecule has 1 N–H and O–H groups in total. The van der Waals surface area contributed by atoms with E-state index in [-0.39, 0.29) is 35.5 Å². The molecule has 5 nitrogen and oxygen atoms in total. The van der Waals surface area contributed by atoms with Gasteiger partial charge in [-0.1, -0.05) is 90.4 Å². The predicted octanol–water partition coefficient (Wildman–Crippen LogP) is 3.04. The molecule has 0 bridgehead atoms. The Kier molecular flexibility index (Phi) is 23.3. The molecule has 0 spiro atoms. The number of hydrogen-bond acceptors (Lipinski definition) is 5. The van der Waals surface area contributed by atoms with Gasteiger partial charge in [-0.2, -0.15) is 11.8 Å². The van der Waals surface area contributed by atoms with Crippen LogP contribution in [0.25, 0.3) is 0 Å². The van der Waals surface area contributed by atoms with E-state index in [1.54, 1.807) is 25.6 Å². The molecule has 0 rings (SSSR count). The van der Waals surface area contributed by atoms with Gasteiger partial charge >= 0.3 is 29.6 Å². The second-order valence-electron chi connectivity index (χ2n) is 9.09. The quantitative estimate of drug-likeness (QED) is 0.153. The first-order valence-electron chi connectivity index (χ1n) is 12.0. The van der Waals surface area contributed by atoms with Crippen molar-refractivity contribution in [1.29, 1.82) is 0 Å². The molecule has 0 fully saturated rings. The topological polar surface area (TPSA) is 86.3 Å². The van der Waals surface area contributed by atoms with E-state index < -0.39 is 21.4 Å². The van der Waals surface area contributed by atoms with Crippen molar-refractivity contribution in [2.24, 2.45) is 0 Å². The molecular formula is C23H46NNaO4S2. The van der Waals surface area contributed by atoms with E-state index in [1.807, 2.05) is 0 Å². The van der Waals surface area contributed by atoms with Gasteiger partial charge in [0.05, 0.1) is 15.9 Å². The van der Waals surface area contributed by atoms with Crippen molar-refractivity contribution < 1.29 is 47.3 Å². The Labute approximate surface area is 219 Å². The van der Waals surface area contributed by atoms with Gasteiger partial charge in [-0.15, -0.1) is 0 Å². The van der Waals surface area contributed by atoms with Crippen LogP contribution in [0.4, 0.5) is 0 Å². The molecular weight excluding hydrogens is 441 g/mol. The maximum atomic E-state index is 11.9. The smallest absolute Gasteiger partial charge is 0.748 e. The van der Waals surface area contributed by atoms with E-state index in [2.05, 4.69) is 12.2 Å². The van der Waals surface area contributed by atoms with Crippen molar-refractivity contribution in [3.63, 3.8) is 0 Å². The van der Waals surface area contributed by atoms with E-state index in [4.69, 9.17) is 0 Å². The number of carbonyl (C=O) groups excluding carboxylic acids is 1. The van der Waals surface area contributed by atoms with Crippen LogP contribution in [0.3, 0.4) is 0 Å². The molecule has 8 heteroatoms. The summed E-state index contributed by atoms with van der Waals surface area (Å²) in [5.74, 6) is 1.00. The zero-order valence-corrected chi connectivity index (χ0v) is 24.3. The monoisotopic (exact) mass is 487 g/mol. The van der Waals surface area contributed by atoms with Crippen LogP contribution in [0.15, 0.2) is 0 Å². The average molecular weight is 488 g/mol. The summed E-state index contributed by atoms with van der Waals surface area (Å²) in [6.07, 6.45) is 19.3. The summed E-state index contributed by atoms with van der Waals surface area (Å²) in [5, 5.41) is 2.64. The second kappa shape index (κ2) is 21.3. The van der Waals surface area contributed by atoms with Crippen molar-refractivity contribution >= 4 is 27.8 Å². The summed E-state index contributed by atoms with van der Waals surface area (Å²) < 4.78 is 32.5. The predicted molar refractivity (Wildman–Crippen MR) is 129 cm³/mol. The first-order valence-corrected chi connectivity index (χ1v) is 14.7. The number of unbranched alkanes of at least 4 members (excludes halogenated alkanes) is 13. The van der Waals surface area contributed by atoms with Gasteiger partial charge in [0, 0.05) is 17.7 Å². The van der Waals surface area contributed by atoms with Crippen LogP contribution in [0.2, 0.25) is 0 Å². The Morgan fingerprint density at radius 2 is 1.23 bits per heavy atom. The normalized spacial score (nSPS) is 11.9. The Balaban J connectivity index is 0. The minimum absolute atomic E-state index is 0. The molecule has 0 aliphatic carbocycles.